The van der Waals surface area contributed by atoms with E-state index >= 15 is 0 Å². The molecule has 0 aliphatic carbocycles. The normalized spacial score (nSPS) is 12.4. The topological polar surface area (TPSA) is 43.4 Å². The van der Waals surface area contributed by atoms with Crippen LogP contribution in [0.25, 0.3) is 0 Å². The number of rotatable bonds is 9. The summed E-state index contributed by atoms with van der Waals surface area (Å²) in [7, 11) is 0. The van der Waals surface area contributed by atoms with E-state index in [2.05, 4.69) is 30.2 Å². The Balaban J connectivity index is 2.80. The van der Waals surface area contributed by atoms with Crippen LogP contribution < -0.4 is 10.1 Å². The maximum absolute atomic E-state index is 5.96. The highest BCUT2D eigenvalue weighted by Crippen LogP contribution is 2.22. The number of aryl methyl sites for hydroxylation is 2. The van der Waals surface area contributed by atoms with Crippen molar-refractivity contribution in [3.63, 3.8) is 0 Å². The van der Waals surface area contributed by atoms with E-state index < -0.39 is 0 Å². The molecular weight excluding hydrogens is 252 g/mol. The van der Waals surface area contributed by atoms with Gasteiger partial charge in [-0.25, -0.2) is 4.98 Å². The Hall–Kier alpha value is -1.13. The maximum Gasteiger partial charge on any atom is 0.218 e. The summed E-state index contributed by atoms with van der Waals surface area (Å²) in [6, 6.07) is 2.10. The first kappa shape index (κ1) is 16.9. The molecule has 1 rings (SSSR count). The molecule has 0 bridgehead atoms. The zero-order valence-corrected chi connectivity index (χ0v) is 13.5. The molecule has 4 heteroatoms. The van der Waals surface area contributed by atoms with Crippen LogP contribution in [0.15, 0.2) is 6.07 Å². The van der Waals surface area contributed by atoms with Crippen LogP contribution in [0.4, 0.5) is 0 Å². The van der Waals surface area contributed by atoms with Crippen LogP contribution in [-0.4, -0.2) is 30.8 Å². The minimum absolute atomic E-state index is 0.00794. The van der Waals surface area contributed by atoms with Crippen LogP contribution >= 0.6 is 0 Å². The molecular formula is C16H28N2O2. The zero-order valence-electron chi connectivity index (χ0n) is 13.5. The Morgan fingerprint density at radius 3 is 2.70 bits per heavy atom. The molecule has 20 heavy (non-hydrogen) atoms. The standard InChI is InChI=1S/C16H28N2O2/c1-6-8-17-10-15-12(3)9-13(4)18-16(15)20-14(5)11-19-7-2/h9,14,17H,6-8,10-11H2,1-5H3. The van der Waals surface area contributed by atoms with E-state index in [4.69, 9.17) is 9.47 Å². The lowest BCUT2D eigenvalue weighted by Crippen LogP contribution is -2.22. The Kier molecular flexibility index (Phi) is 7.55. The van der Waals surface area contributed by atoms with Gasteiger partial charge in [0.25, 0.3) is 0 Å². The second kappa shape index (κ2) is 8.93. The lowest BCUT2D eigenvalue weighted by atomic mass is 10.1. The van der Waals surface area contributed by atoms with Crippen molar-refractivity contribution in [2.24, 2.45) is 0 Å². The average Bonchev–Trinajstić information content (AvgIpc) is 2.39. The third-order valence-corrected chi connectivity index (χ3v) is 3.04. The Morgan fingerprint density at radius 1 is 1.30 bits per heavy atom. The molecule has 0 spiro atoms. The van der Waals surface area contributed by atoms with Crippen LogP contribution in [-0.2, 0) is 11.3 Å². The molecule has 1 aromatic heterocycles. The van der Waals surface area contributed by atoms with Crippen LogP contribution in [0.5, 0.6) is 5.88 Å². The van der Waals surface area contributed by atoms with E-state index in [0.29, 0.717) is 13.2 Å². The van der Waals surface area contributed by atoms with Gasteiger partial charge in [0.2, 0.25) is 5.88 Å². The molecule has 114 valence electrons. The van der Waals surface area contributed by atoms with Gasteiger partial charge in [0.1, 0.15) is 6.10 Å². The fourth-order valence-corrected chi connectivity index (χ4v) is 2.04. The number of nitrogens with zero attached hydrogens (tertiary/aromatic N) is 1. The molecule has 1 N–H and O–H groups in total. The first-order valence-electron chi connectivity index (χ1n) is 7.50. The van der Waals surface area contributed by atoms with E-state index in [0.717, 1.165) is 36.6 Å². The minimum atomic E-state index is 0.00794. The minimum Gasteiger partial charge on any atom is -0.472 e. The summed E-state index contributed by atoms with van der Waals surface area (Å²) in [5.41, 5.74) is 3.35. The van der Waals surface area contributed by atoms with Gasteiger partial charge >= 0.3 is 0 Å². The quantitative estimate of drug-likeness (QED) is 0.706. The maximum atomic E-state index is 5.96. The summed E-state index contributed by atoms with van der Waals surface area (Å²) in [4.78, 5) is 4.54. The van der Waals surface area contributed by atoms with Crippen LogP contribution in [0, 0.1) is 13.8 Å². The number of hydrogen-bond acceptors (Lipinski definition) is 4. The summed E-state index contributed by atoms with van der Waals surface area (Å²) in [6.45, 7) is 13.4. The van der Waals surface area contributed by atoms with Crippen LogP contribution in [0.3, 0.4) is 0 Å². The van der Waals surface area contributed by atoms with E-state index in [-0.39, 0.29) is 6.10 Å². The highest BCUT2D eigenvalue weighted by molar-refractivity contribution is 5.36. The van der Waals surface area contributed by atoms with Gasteiger partial charge in [0.15, 0.2) is 0 Å². The van der Waals surface area contributed by atoms with Gasteiger partial charge in [-0.05, 0) is 52.3 Å². The van der Waals surface area contributed by atoms with Crippen molar-refractivity contribution in [2.45, 2.75) is 53.7 Å². The second-order valence-electron chi connectivity index (χ2n) is 5.13. The fourth-order valence-electron chi connectivity index (χ4n) is 2.04. The van der Waals surface area contributed by atoms with Crippen molar-refractivity contribution in [1.82, 2.24) is 10.3 Å². The molecule has 0 saturated heterocycles. The highest BCUT2D eigenvalue weighted by Gasteiger charge is 2.13. The van der Waals surface area contributed by atoms with E-state index in [1.807, 2.05) is 20.8 Å². The molecule has 0 saturated carbocycles. The van der Waals surface area contributed by atoms with Crippen molar-refractivity contribution in [2.75, 3.05) is 19.8 Å². The Labute approximate surface area is 122 Å². The number of nitrogens with one attached hydrogen (secondary N) is 1. The van der Waals surface area contributed by atoms with Crippen molar-refractivity contribution in [3.8, 4) is 5.88 Å². The van der Waals surface area contributed by atoms with Crippen LogP contribution in [0.1, 0.15) is 44.0 Å². The largest absolute Gasteiger partial charge is 0.472 e. The number of ether oxygens (including phenoxy) is 2. The lowest BCUT2D eigenvalue weighted by Gasteiger charge is -2.18. The lowest BCUT2D eigenvalue weighted by molar-refractivity contribution is 0.0626. The van der Waals surface area contributed by atoms with Gasteiger partial charge in [-0.1, -0.05) is 6.92 Å². The summed E-state index contributed by atoms with van der Waals surface area (Å²) < 4.78 is 11.4. The van der Waals surface area contributed by atoms with Crippen molar-refractivity contribution < 1.29 is 9.47 Å². The third kappa shape index (κ3) is 5.47. The van der Waals surface area contributed by atoms with Gasteiger partial charge < -0.3 is 14.8 Å². The molecule has 1 unspecified atom stereocenters. The smallest absolute Gasteiger partial charge is 0.218 e. The molecule has 1 aromatic rings. The van der Waals surface area contributed by atoms with Crippen molar-refractivity contribution in [3.05, 3.63) is 22.9 Å². The Morgan fingerprint density at radius 2 is 2.05 bits per heavy atom. The third-order valence-electron chi connectivity index (χ3n) is 3.04. The molecule has 1 atom stereocenters. The molecule has 0 aliphatic heterocycles. The summed E-state index contributed by atoms with van der Waals surface area (Å²) in [5.74, 6) is 0.735. The molecule has 1 heterocycles. The number of pyridine rings is 1. The number of hydrogen-bond donors (Lipinski definition) is 1. The predicted molar refractivity (Wildman–Crippen MR) is 82.3 cm³/mol. The monoisotopic (exact) mass is 280 g/mol. The van der Waals surface area contributed by atoms with Gasteiger partial charge in [0.05, 0.1) is 6.61 Å². The van der Waals surface area contributed by atoms with E-state index in [1.165, 1.54) is 5.56 Å². The summed E-state index contributed by atoms with van der Waals surface area (Å²) in [6.07, 6.45) is 1.13. The first-order valence-corrected chi connectivity index (χ1v) is 7.50. The van der Waals surface area contributed by atoms with Gasteiger partial charge in [-0.15, -0.1) is 0 Å². The second-order valence-corrected chi connectivity index (χ2v) is 5.13. The van der Waals surface area contributed by atoms with Gasteiger partial charge in [0, 0.05) is 24.4 Å². The first-order chi connectivity index (χ1) is 9.58. The highest BCUT2D eigenvalue weighted by atomic mass is 16.5. The number of aromatic nitrogens is 1. The Bertz CT molecular complexity index is 408. The molecule has 4 nitrogen and oxygen atoms in total. The fraction of sp³-hybridized carbons (Fsp3) is 0.688. The van der Waals surface area contributed by atoms with Gasteiger partial charge in [-0.3, -0.25) is 0 Å². The van der Waals surface area contributed by atoms with Gasteiger partial charge in [-0.2, -0.15) is 0 Å². The van der Waals surface area contributed by atoms with E-state index in [9.17, 15) is 0 Å². The van der Waals surface area contributed by atoms with Crippen molar-refractivity contribution >= 4 is 0 Å². The summed E-state index contributed by atoms with van der Waals surface area (Å²) >= 11 is 0. The van der Waals surface area contributed by atoms with Crippen LogP contribution in [0.2, 0.25) is 0 Å². The SMILES string of the molecule is CCCNCc1c(C)cc(C)nc1OC(C)COCC. The zero-order chi connectivity index (χ0) is 15.0. The molecule has 0 radical (unpaired) electrons. The average molecular weight is 280 g/mol. The molecule has 0 amide bonds. The predicted octanol–water partition coefficient (Wildman–Crippen LogP) is 3.00. The molecule has 0 aliphatic rings. The molecule has 0 aromatic carbocycles. The van der Waals surface area contributed by atoms with Crippen molar-refractivity contribution in [1.29, 1.82) is 0 Å². The summed E-state index contributed by atoms with van der Waals surface area (Å²) in [5, 5.41) is 3.42. The molecule has 0 fully saturated rings. The van der Waals surface area contributed by atoms with E-state index in [1.54, 1.807) is 0 Å².